The van der Waals surface area contributed by atoms with Gasteiger partial charge in [0.2, 0.25) is 0 Å². The van der Waals surface area contributed by atoms with Crippen LogP contribution in [0.4, 0.5) is 0 Å². The quantitative estimate of drug-likeness (QED) is 0.766. The van der Waals surface area contributed by atoms with Gasteiger partial charge in [0, 0.05) is 12.6 Å². The van der Waals surface area contributed by atoms with Crippen molar-refractivity contribution in [2.24, 2.45) is 5.92 Å². The lowest BCUT2D eigenvalue weighted by atomic mass is 9.86. The van der Waals surface area contributed by atoms with Gasteiger partial charge in [-0.25, -0.2) is 0 Å². The molecule has 2 unspecified atom stereocenters. The largest absolute Gasteiger partial charge is 0.376 e. The summed E-state index contributed by atoms with van der Waals surface area (Å²) in [5, 5.41) is 13.2. The van der Waals surface area contributed by atoms with Crippen LogP contribution >= 0.6 is 0 Å². The molecule has 0 aromatic carbocycles. The predicted octanol–water partition coefficient (Wildman–Crippen LogP) is 3.40. The molecule has 3 nitrogen and oxygen atoms in total. The van der Waals surface area contributed by atoms with E-state index in [2.05, 4.69) is 32.2 Å². The summed E-state index contributed by atoms with van der Waals surface area (Å²) in [6, 6.07) is 3.20. The van der Waals surface area contributed by atoms with Gasteiger partial charge in [0.25, 0.3) is 0 Å². The van der Waals surface area contributed by atoms with Gasteiger partial charge in [0.1, 0.15) is 5.54 Å². The number of rotatable bonds is 7. The number of hydrogen-bond donors (Lipinski definition) is 1. The highest BCUT2D eigenvalue weighted by atomic mass is 16.5. The third-order valence-electron chi connectivity index (χ3n) is 4.87. The molecule has 0 amide bonds. The van der Waals surface area contributed by atoms with Crippen LogP contribution < -0.4 is 5.32 Å². The van der Waals surface area contributed by atoms with Crippen molar-refractivity contribution in [2.75, 3.05) is 6.61 Å². The Labute approximate surface area is 117 Å². The molecule has 0 aromatic rings. The van der Waals surface area contributed by atoms with Crippen LogP contribution in [0.5, 0.6) is 0 Å². The molecule has 0 radical (unpaired) electrons. The number of hydrogen-bond acceptors (Lipinski definition) is 3. The molecule has 0 aliphatic heterocycles. The summed E-state index contributed by atoms with van der Waals surface area (Å²) in [4.78, 5) is 0. The van der Waals surface area contributed by atoms with E-state index in [1.165, 1.54) is 25.7 Å². The molecular weight excluding hydrogens is 236 g/mol. The Hall–Kier alpha value is -0.590. The minimum Gasteiger partial charge on any atom is -0.376 e. The van der Waals surface area contributed by atoms with E-state index in [9.17, 15) is 5.26 Å². The van der Waals surface area contributed by atoms with E-state index >= 15 is 0 Å². The van der Waals surface area contributed by atoms with Crippen LogP contribution in [0.3, 0.4) is 0 Å². The van der Waals surface area contributed by atoms with Crippen LogP contribution in [0.1, 0.15) is 65.7 Å². The molecule has 0 spiro atoms. The van der Waals surface area contributed by atoms with Gasteiger partial charge in [0.05, 0.1) is 11.7 Å². The van der Waals surface area contributed by atoms with Gasteiger partial charge in [-0.05, 0) is 58.3 Å². The normalized spacial score (nSPS) is 31.4. The second-order valence-corrected chi connectivity index (χ2v) is 6.84. The van der Waals surface area contributed by atoms with Crippen molar-refractivity contribution in [1.29, 1.82) is 5.26 Å². The van der Waals surface area contributed by atoms with Crippen LogP contribution in [0.2, 0.25) is 0 Å². The fourth-order valence-corrected chi connectivity index (χ4v) is 3.01. The van der Waals surface area contributed by atoms with Crippen molar-refractivity contribution in [2.45, 2.75) is 82.9 Å². The summed E-state index contributed by atoms with van der Waals surface area (Å²) >= 11 is 0. The Balaban J connectivity index is 1.85. The molecular formula is C16H28N2O. The summed E-state index contributed by atoms with van der Waals surface area (Å²) in [7, 11) is 0. The number of nitrogens with one attached hydrogen (secondary N) is 1. The molecule has 2 atom stereocenters. The van der Waals surface area contributed by atoms with Crippen molar-refractivity contribution in [3.63, 3.8) is 0 Å². The van der Waals surface area contributed by atoms with Crippen LogP contribution in [0.25, 0.3) is 0 Å². The fraction of sp³-hybridized carbons (Fsp3) is 0.938. The summed E-state index contributed by atoms with van der Waals surface area (Å²) < 4.78 is 5.96. The van der Waals surface area contributed by atoms with Gasteiger partial charge in [-0.2, -0.15) is 5.26 Å². The van der Waals surface area contributed by atoms with Crippen molar-refractivity contribution in [1.82, 2.24) is 5.32 Å². The summed E-state index contributed by atoms with van der Waals surface area (Å²) in [6.45, 7) is 7.22. The second-order valence-electron chi connectivity index (χ2n) is 6.84. The van der Waals surface area contributed by atoms with Crippen molar-refractivity contribution in [3.8, 4) is 6.07 Å². The zero-order valence-corrected chi connectivity index (χ0v) is 12.7. The lowest BCUT2D eigenvalue weighted by Crippen LogP contribution is -2.48. The maximum absolute atomic E-state index is 9.62. The Morgan fingerprint density at radius 3 is 2.68 bits per heavy atom. The van der Waals surface area contributed by atoms with Crippen LogP contribution in [-0.4, -0.2) is 23.8 Å². The molecule has 19 heavy (non-hydrogen) atoms. The van der Waals surface area contributed by atoms with Crippen molar-refractivity contribution < 1.29 is 4.74 Å². The highest BCUT2D eigenvalue weighted by Gasteiger charge is 2.45. The van der Waals surface area contributed by atoms with E-state index in [1.54, 1.807) is 0 Å². The Kier molecular flexibility index (Phi) is 4.53. The molecule has 0 bridgehead atoms. The summed E-state index contributed by atoms with van der Waals surface area (Å²) in [5.41, 5.74) is -0.293. The van der Waals surface area contributed by atoms with Crippen LogP contribution in [0, 0.1) is 17.2 Å². The number of ether oxygens (including phenoxy) is 1. The lowest BCUT2D eigenvalue weighted by Gasteiger charge is -2.31. The molecule has 2 saturated carbocycles. The van der Waals surface area contributed by atoms with Gasteiger partial charge < -0.3 is 4.74 Å². The minimum absolute atomic E-state index is 0.0299. The molecule has 2 fully saturated rings. The first-order chi connectivity index (χ1) is 9.01. The molecule has 108 valence electrons. The standard InChI is InChI=1S/C16H28N2O/c1-4-15(2,3)19-11-9-13-6-5-10-16(13,12-17)18-14-7-8-14/h13-14,18H,4-11H2,1-3H3. The SMILES string of the molecule is CCC(C)(C)OCCC1CCCC1(C#N)NC1CC1. The Bertz CT molecular complexity index is 343. The molecule has 0 aromatic heterocycles. The number of nitrogens with zero attached hydrogens (tertiary/aromatic N) is 1. The average Bonchev–Trinajstić information content (AvgIpc) is 3.11. The maximum Gasteiger partial charge on any atom is 0.109 e. The first-order valence-electron chi connectivity index (χ1n) is 7.84. The molecule has 0 heterocycles. The van der Waals surface area contributed by atoms with Crippen molar-refractivity contribution >= 4 is 0 Å². The smallest absolute Gasteiger partial charge is 0.109 e. The first kappa shape index (κ1) is 14.8. The minimum atomic E-state index is -0.263. The van der Waals surface area contributed by atoms with E-state index in [1.807, 2.05) is 0 Å². The van der Waals surface area contributed by atoms with Gasteiger partial charge >= 0.3 is 0 Å². The van der Waals surface area contributed by atoms with E-state index in [0.29, 0.717) is 12.0 Å². The molecule has 3 heteroatoms. The van der Waals surface area contributed by atoms with Crippen LogP contribution in [0.15, 0.2) is 0 Å². The maximum atomic E-state index is 9.62. The summed E-state index contributed by atoms with van der Waals surface area (Å²) in [5.74, 6) is 0.464. The van der Waals surface area contributed by atoms with Gasteiger partial charge in [-0.3, -0.25) is 5.32 Å². The predicted molar refractivity (Wildman–Crippen MR) is 76.8 cm³/mol. The van der Waals surface area contributed by atoms with Gasteiger partial charge in [-0.15, -0.1) is 0 Å². The Morgan fingerprint density at radius 2 is 2.11 bits per heavy atom. The van der Waals surface area contributed by atoms with Gasteiger partial charge in [-0.1, -0.05) is 13.3 Å². The Morgan fingerprint density at radius 1 is 1.37 bits per heavy atom. The van der Waals surface area contributed by atoms with Gasteiger partial charge in [0.15, 0.2) is 0 Å². The molecule has 1 N–H and O–H groups in total. The highest BCUT2D eigenvalue weighted by Crippen LogP contribution is 2.40. The van der Waals surface area contributed by atoms with E-state index < -0.39 is 0 Å². The zero-order chi connectivity index (χ0) is 13.9. The van der Waals surface area contributed by atoms with Crippen molar-refractivity contribution in [3.05, 3.63) is 0 Å². The average molecular weight is 264 g/mol. The molecule has 2 rings (SSSR count). The van der Waals surface area contributed by atoms with Crippen LogP contribution in [-0.2, 0) is 4.74 Å². The topological polar surface area (TPSA) is 45.0 Å². The molecule has 2 aliphatic rings. The van der Waals surface area contributed by atoms with E-state index in [0.717, 1.165) is 25.9 Å². The number of nitriles is 1. The summed E-state index contributed by atoms with van der Waals surface area (Å²) in [6.07, 6.45) is 7.89. The molecule has 2 aliphatic carbocycles. The van der Waals surface area contributed by atoms with E-state index in [-0.39, 0.29) is 11.1 Å². The fourth-order valence-electron chi connectivity index (χ4n) is 3.01. The zero-order valence-electron chi connectivity index (χ0n) is 12.7. The monoisotopic (exact) mass is 264 g/mol. The molecule has 0 saturated heterocycles. The highest BCUT2D eigenvalue weighted by molar-refractivity contribution is 5.16. The lowest BCUT2D eigenvalue weighted by molar-refractivity contribution is -0.0277. The third kappa shape index (κ3) is 3.70. The second kappa shape index (κ2) is 5.81. The third-order valence-corrected chi connectivity index (χ3v) is 4.87. The first-order valence-corrected chi connectivity index (χ1v) is 7.84. The van der Waals surface area contributed by atoms with E-state index in [4.69, 9.17) is 4.74 Å².